The fourth-order valence-electron chi connectivity index (χ4n) is 13.2. The molecule has 3 aliphatic heterocycles. The van der Waals surface area contributed by atoms with E-state index in [1.54, 1.807) is 0 Å². The molecule has 17 heteroatoms. The van der Waals surface area contributed by atoms with E-state index in [1.165, 1.54) is 6.92 Å². The maximum absolute atomic E-state index is 13.4. The molecule has 10 N–H and O–H groups in total. The Balaban J connectivity index is 0.969. The minimum Gasteiger partial charge on any atom is -0.396 e. The number of hydrogen-bond acceptors (Lipinski definition) is 17. The Morgan fingerprint density at radius 1 is 0.705 bits per heavy atom. The number of aliphatic hydroxyl groups excluding tert-OH is 10. The van der Waals surface area contributed by atoms with Gasteiger partial charge in [-0.3, -0.25) is 4.79 Å². The summed E-state index contributed by atoms with van der Waals surface area (Å²) in [7, 11) is 0. The van der Waals surface area contributed by atoms with Crippen molar-refractivity contribution in [2.45, 2.75) is 197 Å². The molecule has 7 fully saturated rings. The summed E-state index contributed by atoms with van der Waals surface area (Å²) in [5.41, 5.74) is -0.0871. The zero-order valence-electron chi connectivity index (χ0n) is 36.3. The van der Waals surface area contributed by atoms with Crippen molar-refractivity contribution < 1.29 is 84.3 Å². The molecule has 25 atom stereocenters. The molecule has 352 valence electrons. The summed E-state index contributed by atoms with van der Waals surface area (Å²) >= 11 is 0. The van der Waals surface area contributed by atoms with Gasteiger partial charge in [-0.2, -0.15) is 0 Å². The number of fused-ring (bicyclic) bond motifs is 5. The van der Waals surface area contributed by atoms with Crippen LogP contribution in [0.3, 0.4) is 0 Å². The summed E-state index contributed by atoms with van der Waals surface area (Å²) in [6, 6.07) is 0. The van der Waals surface area contributed by atoms with E-state index in [1.807, 2.05) is 13.8 Å². The normalized spacial score (nSPS) is 52.4. The van der Waals surface area contributed by atoms with Crippen LogP contribution in [0.5, 0.6) is 0 Å². The largest absolute Gasteiger partial charge is 0.396 e. The van der Waals surface area contributed by atoms with E-state index in [9.17, 15) is 55.9 Å². The number of Topliss-reactive ketones (excluding diaryl/α,β-unsaturated/α-hetero) is 1. The molecule has 0 bridgehead atoms. The van der Waals surface area contributed by atoms with Gasteiger partial charge in [0.2, 0.25) is 0 Å². The number of ether oxygens (including phenoxy) is 6. The molecular weight excluding hydrogens is 800 g/mol. The third-order valence-electron chi connectivity index (χ3n) is 16.9. The molecule has 0 aromatic heterocycles. The molecule has 0 amide bonds. The number of aliphatic hydroxyl groups is 10. The van der Waals surface area contributed by atoms with E-state index in [-0.39, 0.29) is 47.1 Å². The minimum atomic E-state index is -1.73. The van der Waals surface area contributed by atoms with Crippen LogP contribution in [0.25, 0.3) is 0 Å². The van der Waals surface area contributed by atoms with Gasteiger partial charge in [0.25, 0.3) is 0 Å². The van der Waals surface area contributed by atoms with Gasteiger partial charge in [-0.25, -0.2) is 0 Å². The Kier molecular flexibility index (Phi) is 15.0. The molecule has 0 radical (unpaired) electrons. The van der Waals surface area contributed by atoms with E-state index in [0.29, 0.717) is 49.4 Å². The topological polar surface area (TPSA) is 275 Å². The molecule has 0 aromatic carbocycles. The smallest absolute Gasteiger partial charge is 0.187 e. The van der Waals surface area contributed by atoms with Crippen molar-refractivity contribution in [2.24, 2.45) is 52.3 Å². The van der Waals surface area contributed by atoms with E-state index >= 15 is 0 Å². The maximum Gasteiger partial charge on any atom is 0.187 e. The summed E-state index contributed by atoms with van der Waals surface area (Å²) in [5.74, 6) is 1.50. The summed E-state index contributed by atoms with van der Waals surface area (Å²) in [4.78, 5) is 13.4. The molecule has 3 heterocycles. The fraction of sp³-hybridized carbons (Fsp3) is 0.977. The van der Waals surface area contributed by atoms with Gasteiger partial charge in [-0.05, 0) is 111 Å². The van der Waals surface area contributed by atoms with Crippen LogP contribution in [0.4, 0.5) is 0 Å². The summed E-state index contributed by atoms with van der Waals surface area (Å²) < 4.78 is 35.4. The van der Waals surface area contributed by atoms with E-state index in [4.69, 9.17) is 28.4 Å². The lowest BCUT2D eigenvalue weighted by Crippen LogP contribution is -2.66. The van der Waals surface area contributed by atoms with Crippen LogP contribution in [0.1, 0.15) is 98.8 Å². The lowest BCUT2D eigenvalue weighted by atomic mass is 9.44. The number of ketones is 1. The predicted octanol–water partition coefficient (Wildman–Crippen LogP) is -0.270. The first-order valence-corrected chi connectivity index (χ1v) is 22.9. The van der Waals surface area contributed by atoms with Crippen LogP contribution in [-0.4, -0.2) is 175 Å². The van der Waals surface area contributed by atoms with Gasteiger partial charge in [-0.15, -0.1) is 0 Å². The zero-order valence-corrected chi connectivity index (χ0v) is 36.3. The highest BCUT2D eigenvalue weighted by atomic mass is 16.8. The van der Waals surface area contributed by atoms with Crippen molar-refractivity contribution in [3.63, 3.8) is 0 Å². The van der Waals surface area contributed by atoms with Crippen molar-refractivity contribution in [1.82, 2.24) is 0 Å². The van der Waals surface area contributed by atoms with Crippen LogP contribution in [0.2, 0.25) is 0 Å². The molecule has 3 saturated heterocycles. The highest BCUT2D eigenvalue weighted by Gasteiger charge is 2.64. The molecule has 0 spiro atoms. The highest BCUT2D eigenvalue weighted by Crippen LogP contribution is 2.68. The second kappa shape index (κ2) is 19.1. The van der Waals surface area contributed by atoms with Crippen molar-refractivity contribution in [2.75, 3.05) is 19.8 Å². The molecule has 7 rings (SSSR count). The van der Waals surface area contributed by atoms with Crippen molar-refractivity contribution >= 4 is 5.78 Å². The number of carbonyl (C=O) groups excluding carboxylic acids is 1. The quantitative estimate of drug-likeness (QED) is 0.107. The lowest BCUT2D eigenvalue weighted by molar-refractivity contribution is -0.383. The van der Waals surface area contributed by atoms with Crippen LogP contribution < -0.4 is 0 Å². The molecule has 7 aliphatic rings. The second-order valence-corrected chi connectivity index (χ2v) is 20.5. The van der Waals surface area contributed by atoms with Gasteiger partial charge in [0.1, 0.15) is 66.8 Å². The third-order valence-corrected chi connectivity index (χ3v) is 16.9. The molecule has 4 aliphatic carbocycles. The molecule has 0 aromatic rings. The standard InChI is InChI=1S/C44H74O17/c1-19(16-45)6-9-27(47)20(2)31-28(48)15-26-24-8-7-22-14-23(10-12-43(22,4)25(24)11-13-44(26,31)5)58-41-37(55)35(53)38(30(17-46)59-41)60-42-39(34(52)32(50)21(3)57-42)61-40-36(54)33(51)29(49)18-56-40/h19-26,28-42,45-46,48-55H,6-18H2,1-5H3/t19-,20-,21+,22+,23+,24-,25+,26+,28-,29-,30-,31+,32+,33+,34-,35-,36-,37-,38-,39-,40+,41-,42+,43+,44+/m1/s1. The Labute approximate surface area is 358 Å². The molecule has 0 unspecified atom stereocenters. The fourth-order valence-corrected chi connectivity index (χ4v) is 13.2. The molecular formula is C44H74O17. The van der Waals surface area contributed by atoms with Crippen LogP contribution in [0, 0.1) is 52.3 Å². The number of hydrogen-bond donors (Lipinski definition) is 10. The van der Waals surface area contributed by atoms with Crippen molar-refractivity contribution in [3.8, 4) is 0 Å². The first-order valence-electron chi connectivity index (χ1n) is 22.9. The number of rotatable bonds is 13. The first-order chi connectivity index (χ1) is 28.8. The Hall–Kier alpha value is -0.970. The van der Waals surface area contributed by atoms with E-state index in [2.05, 4.69) is 13.8 Å². The summed E-state index contributed by atoms with van der Waals surface area (Å²) in [6.45, 7) is 9.14. The minimum absolute atomic E-state index is 0.0393. The van der Waals surface area contributed by atoms with Crippen LogP contribution in [0.15, 0.2) is 0 Å². The average molecular weight is 875 g/mol. The second-order valence-electron chi connectivity index (χ2n) is 20.5. The average Bonchev–Trinajstić information content (AvgIpc) is 3.51. The molecule has 17 nitrogen and oxygen atoms in total. The summed E-state index contributed by atoms with van der Waals surface area (Å²) in [5, 5.41) is 106. The highest BCUT2D eigenvalue weighted by molar-refractivity contribution is 5.81. The maximum atomic E-state index is 13.4. The lowest BCUT2D eigenvalue weighted by Gasteiger charge is -2.61. The van der Waals surface area contributed by atoms with Gasteiger partial charge in [0.05, 0.1) is 31.5 Å². The van der Waals surface area contributed by atoms with Crippen molar-refractivity contribution in [1.29, 1.82) is 0 Å². The van der Waals surface area contributed by atoms with E-state index < -0.39 is 105 Å². The number of carbonyl (C=O) groups is 1. The molecule has 4 saturated carbocycles. The monoisotopic (exact) mass is 874 g/mol. The van der Waals surface area contributed by atoms with Gasteiger partial charge < -0.3 is 79.5 Å². The van der Waals surface area contributed by atoms with E-state index in [0.717, 1.165) is 38.5 Å². The van der Waals surface area contributed by atoms with Gasteiger partial charge in [0, 0.05) is 18.9 Å². The molecule has 61 heavy (non-hydrogen) atoms. The zero-order chi connectivity index (χ0) is 44.3. The van der Waals surface area contributed by atoms with Gasteiger partial charge in [0.15, 0.2) is 18.9 Å². The van der Waals surface area contributed by atoms with Crippen LogP contribution in [-0.2, 0) is 33.2 Å². The first kappa shape index (κ1) is 48.0. The SMILES string of the molecule is C[C@@H](CO)CCC(=O)[C@@H](C)[C@H]1[C@H](O)C[C@H]2[C@@H]3CC[C@H]4C[C@@H](O[C@@H]5O[C@H](CO)[C@@H](O[C@@H]6O[C@@H](C)[C@H](O)[C@@H](O)[C@H]6O[C@@H]6OC[C@@H](O)[C@H](O)[C@H]6O)[C@H](O)[C@H]5O)CC[C@]4(C)[C@H]3CC[C@]12C. The van der Waals surface area contributed by atoms with Crippen molar-refractivity contribution in [3.05, 3.63) is 0 Å². The Bertz CT molecular complexity index is 1470. The van der Waals surface area contributed by atoms with Gasteiger partial charge >= 0.3 is 0 Å². The Morgan fingerprint density at radius 2 is 1.38 bits per heavy atom. The third kappa shape index (κ3) is 9.00. The van der Waals surface area contributed by atoms with Gasteiger partial charge in [-0.1, -0.05) is 27.7 Å². The Morgan fingerprint density at radius 3 is 2.08 bits per heavy atom. The van der Waals surface area contributed by atoms with Crippen LogP contribution >= 0.6 is 0 Å². The predicted molar refractivity (Wildman–Crippen MR) is 213 cm³/mol. The summed E-state index contributed by atoms with van der Waals surface area (Å²) in [6.07, 6.45) is -13.5.